The minimum Gasteiger partial charge on any atom is -0.468 e. The van der Waals surface area contributed by atoms with Gasteiger partial charge in [0.1, 0.15) is 5.76 Å². The Morgan fingerprint density at radius 1 is 1.28 bits per heavy atom. The standard InChI is InChI=1S/C15H24N2O/c16-13-4-1-3-12(9-13)10-17(14-6-7-14)11-15-5-2-8-18-15/h2,5,8,12-14H,1,3-4,6-7,9-11,16H2. The van der Waals surface area contributed by atoms with E-state index in [2.05, 4.69) is 11.0 Å². The van der Waals surface area contributed by atoms with Gasteiger partial charge in [-0.05, 0) is 50.2 Å². The van der Waals surface area contributed by atoms with E-state index < -0.39 is 0 Å². The Bertz CT molecular complexity index is 359. The summed E-state index contributed by atoms with van der Waals surface area (Å²) in [6.45, 7) is 2.18. The molecule has 0 spiro atoms. The minimum absolute atomic E-state index is 0.438. The van der Waals surface area contributed by atoms with Gasteiger partial charge in [-0.1, -0.05) is 6.42 Å². The predicted octanol–water partition coefficient (Wildman–Crippen LogP) is 2.76. The lowest BCUT2D eigenvalue weighted by Crippen LogP contribution is -2.36. The lowest BCUT2D eigenvalue weighted by molar-refractivity contribution is 0.168. The van der Waals surface area contributed by atoms with Gasteiger partial charge in [0.2, 0.25) is 0 Å². The summed E-state index contributed by atoms with van der Waals surface area (Å²) in [5.41, 5.74) is 6.09. The summed E-state index contributed by atoms with van der Waals surface area (Å²) in [5, 5.41) is 0. The molecule has 0 bridgehead atoms. The molecule has 100 valence electrons. The third-order valence-corrected chi connectivity index (χ3v) is 4.32. The molecule has 0 aliphatic heterocycles. The van der Waals surface area contributed by atoms with Gasteiger partial charge < -0.3 is 10.2 Å². The number of nitrogens with zero attached hydrogens (tertiary/aromatic N) is 1. The van der Waals surface area contributed by atoms with Crippen LogP contribution < -0.4 is 5.73 Å². The van der Waals surface area contributed by atoms with Crippen LogP contribution in [0.25, 0.3) is 0 Å². The fraction of sp³-hybridized carbons (Fsp3) is 0.733. The second-order valence-corrected chi connectivity index (χ2v) is 6.03. The lowest BCUT2D eigenvalue weighted by atomic mass is 9.86. The van der Waals surface area contributed by atoms with Crippen molar-refractivity contribution in [1.82, 2.24) is 4.90 Å². The fourth-order valence-corrected chi connectivity index (χ4v) is 3.22. The molecular formula is C15H24N2O. The highest BCUT2D eigenvalue weighted by Gasteiger charge is 2.32. The van der Waals surface area contributed by atoms with Crippen molar-refractivity contribution < 1.29 is 4.42 Å². The van der Waals surface area contributed by atoms with Crippen LogP contribution in [0.1, 0.15) is 44.3 Å². The maximum absolute atomic E-state index is 6.09. The van der Waals surface area contributed by atoms with Crippen LogP contribution in [0.15, 0.2) is 22.8 Å². The van der Waals surface area contributed by atoms with E-state index in [1.807, 2.05) is 6.07 Å². The Labute approximate surface area is 109 Å². The van der Waals surface area contributed by atoms with Crippen LogP contribution in [0.3, 0.4) is 0 Å². The zero-order valence-electron chi connectivity index (χ0n) is 11.1. The number of furan rings is 1. The molecular weight excluding hydrogens is 224 g/mol. The van der Waals surface area contributed by atoms with Gasteiger partial charge in [0.05, 0.1) is 12.8 Å². The van der Waals surface area contributed by atoms with Gasteiger partial charge in [-0.2, -0.15) is 0 Å². The highest BCUT2D eigenvalue weighted by molar-refractivity contribution is 5.00. The van der Waals surface area contributed by atoms with Gasteiger partial charge in [0.25, 0.3) is 0 Å². The molecule has 2 saturated carbocycles. The quantitative estimate of drug-likeness (QED) is 0.871. The van der Waals surface area contributed by atoms with Crippen LogP contribution in [-0.2, 0) is 6.54 Å². The summed E-state index contributed by atoms with van der Waals surface area (Å²) in [6, 6.07) is 5.31. The largest absolute Gasteiger partial charge is 0.468 e. The van der Waals surface area contributed by atoms with E-state index >= 15 is 0 Å². The van der Waals surface area contributed by atoms with Gasteiger partial charge in [0, 0.05) is 18.6 Å². The van der Waals surface area contributed by atoms with E-state index in [9.17, 15) is 0 Å². The van der Waals surface area contributed by atoms with Crippen LogP contribution in [0, 0.1) is 5.92 Å². The Morgan fingerprint density at radius 2 is 2.17 bits per heavy atom. The molecule has 3 nitrogen and oxygen atoms in total. The third kappa shape index (κ3) is 3.15. The van der Waals surface area contributed by atoms with Gasteiger partial charge in [0.15, 0.2) is 0 Å². The number of rotatable bonds is 5. The first-order chi connectivity index (χ1) is 8.81. The SMILES string of the molecule is NC1CCCC(CN(Cc2ccco2)C2CC2)C1. The molecule has 1 aromatic rings. The molecule has 0 radical (unpaired) electrons. The van der Waals surface area contributed by atoms with Crippen molar-refractivity contribution in [3.05, 3.63) is 24.2 Å². The third-order valence-electron chi connectivity index (χ3n) is 4.32. The first kappa shape index (κ1) is 12.2. The lowest BCUT2D eigenvalue weighted by Gasteiger charge is -2.31. The maximum Gasteiger partial charge on any atom is 0.117 e. The Hall–Kier alpha value is -0.800. The van der Waals surface area contributed by atoms with Crippen molar-refractivity contribution in [1.29, 1.82) is 0 Å². The average Bonchev–Trinajstić information content (AvgIpc) is 3.08. The topological polar surface area (TPSA) is 42.4 Å². The summed E-state index contributed by atoms with van der Waals surface area (Å²) in [5.74, 6) is 1.89. The highest BCUT2D eigenvalue weighted by Crippen LogP contribution is 2.32. The number of nitrogens with two attached hydrogens (primary N) is 1. The molecule has 1 heterocycles. The molecule has 2 unspecified atom stereocenters. The second kappa shape index (κ2) is 5.45. The van der Waals surface area contributed by atoms with Gasteiger partial charge in [-0.25, -0.2) is 0 Å². The van der Waals surface area contributed by atoms with E-state index in [4.69, 9.17) is 10.2 Å². The molecule has 2 fully saturated rings. The van der Waals surface area contributed by atoms with Crippen molar-refractivity contribution in [3.63, 3.8) is 0 Å². The molecule has 0 aromatic carbocycles. The van der Waals surface area contributed by atoms with Crippen molar-refractivity contribution in [2.24, 2.45) is 11.7 Å². The molecule has 3 heteroatoms. The highest BCUT2D eigenvalue weighted by atomic mass is 16.3. The summed E-state index contributed by atoms with van der Waals surface area (Å²) in [4.78, 5) is 2.61. The summed E-state index contributed by atoms with van der Waals surface area (Å²) < 4.78 is 5.49. The molecule has 18 heavy (non-hydrogen) atoms. The zero-order valence-corrected chi connectivity index (χ0v) is 11.1. The molecule has 0 amide bonds. The van der Waals surface area contributed by atoms with Gasteiger partial charge in [-0.3, -0.25) is 4.90 Å². The molecule has 2 N–H and O–H groups in total. The Kier molecular flexibility index (Phi) is 3.71. The Morgan fingerprint density at radius 3 is 2.83 bits per heavy atom. The molecule has 1 aromatic heterocycles. The van der Waals surface area contributed by atoms with Crippen molar-refractivity contribution in [2.45, 2.75) is 57.2 Å². The van der Waals surface area contributed by atoms with Crippen LogP contribution in [0.5, 0.6) is 0 Å². The first-order valence-corrected chi connectivity index (χ1v) is 7.33. The van der Waals surface area contributed by atoms with Crippen molar-refractivity contribution in [2.75, 3.05) is 6.54 Å². The fourth-order valence-electron chi connectivity index (χ4n) is 3.22. The molecule has 0 saturated heterocycles. The van der Waals surface area contributed by atoms with Crippen molar-refractivity contribution >= 4 is 0 Å². The van der Waals surface area contributed by atoms with Crippen LogP contribution >= 0.6 is 0 Å². The molecule has 3 rings (SSSR count). The molecule has 2 aliphatic rings. The van der Waals surface area contributed by atoms with E-state index in [1.54, 1.807) is 6.26 Å². The van der Waals surface area contributed by atoms with Crippen LogP contribution in [0.4, 0.5) is 0 Å². The summed E-state index contributed by atoms with van der Waals surface area (Å²) in [6.07, 6.45) is 9.59. The second-order valence-electron chi connectivity index (χ2n) is 6.03. The summed E-state index contributed by atoms with van der Waals surface area (Å²) in [7, 11) is 0. The van der Waals surface area contributed by atoms with E-state index in [0.717, 1.165) is 24.3 Å². The smallest absolute Gasteiger partial charge is 0.117 e. The van der Waals surface area contributed by atoms with E-state index in [0.29, 0.717) is 6.04 Å². The molecule has 2 aliphatic carbocycles. The predicted molar refractivity (Wildman–Crippen MR) is 72.1 cm³/mol. The first-order valence-electron chi connectivity index (χ1n) is 7.33. The maximum atomic E-state index is 6.09. The molecule has 2 atom stereocenters. The number of hydrogen-bond acceptors (Lipinski definition) is 3. The van der Waals surface area contributed by atoms with Crippen LogP contribution in [0.2, 0.25) is 0 Å². The normalized spacial score (nSPS) is 28.8. The average molecular weight is 248 g/mol. The van der Waals surface area contributed by atoms with Crippen LogP contribution in [-0.4, -0.2) is 23.5 Å². The summed E-state index contributed by atoms with van der Waals surface area (Å²) >= 11 is 0. The zero-order chi connectivity index (χ0) is 12.4. The monoisotopic (exact) mass is 248 g/mol. The minimum atomic E-state index is 0.438. The van der Waals surface area contributed by atoms with E-state index in [1.165, 1.54) is 45.1 Å². The van der Waals surface area contributed by atoms with Crippen molar-refractivity contribution in [3.8, 4) is 0 Å². The van der Waals surface area contributed by atoms with Gasteiger partial charge in [-0.15, -0.1) is 0 Å². The van der Waals surface area contributed by atoms with Gasteiger partial charge >= 0.3 is 0 Å². The van der Waals surface area contributed by atoms with E-state index in [-0.39, 0.29) is 0 Å². The Balaban J connectivity index is 1.56. The number of hydrogen-bond donors (Lipinski definition) is 1.